The summed E-state index contributed by atoms with van der Waals surface area (Å²) < 4.78 is 0. The van der Waals surface area contributed by atoms with Crippen molar-refractivity contribution < 1.29 is 0 Å². The average Bonchev–Trinajstić information content (AvgIpc) is 3.35. The Morgan fingerprint density at radius 1 is 1.32 bits per heavy atom. The van der Waals surface area contributed by atoms with E-state index in [1.165, 1.54) is 0 Å². The van der Waals surface area contributed by atoms with E-state index in [0.29, 0.717) is 19.0 Å². The fourth-order valence-corrected chi connectivity index (χ4v) is 2.89. The topological polar surface area (TPSA) is 101 Å². The second-order valence-electron chi connectivity index (χ2n) is 6.06. The van der Waals surface area contributed by atoms with E-state index < -0.39 is 0 Å². The van der Waals surface area contributed by atoms with E-state index in [-0.39, 0.29) is 11.5 Å². The zero-order chi connectivity index (χ0) is 15.1. The highest BCUT2D eigenvalue weighted by Gasteiger charge is 2.29. The van der Waals surface area contributed by atoms with Crippen molar-refractivity contribution in [3.63, 3.8) is 0 Å². The van der Waals surface area contributed by atoms with Crippen LogP contribution in [-0.4, -0.2) is 31.4 Å². The van der Waals surface area contributed by atoms with Crippen molar-refractivity contribution in [1.82, 2.24) is 24.8 Å². The maximum absolute atomic E-state index is 12.3. The lowest BCUT2D eigenvalue weighted by atomic mass is 10.1. The summed E-state index contributed by atoms with van der Waals surface area (Å²) in [5, 5.41) is 0. The van der Waals surface area contributed by atoms with E-state index in [1.54, 1.807) is 12.4 Å². The second-order valence-corrected chi connectivity index (χ2v) is 6.06. The lowest BCUT2D eigenvalue weighted by molar-refractivity contribution is 0.241. The van der Waals surface area contributed by atoms with Crippen molar-refractivity contribution >= 4 is 5.95 Å². The highest BCUT2D eigenvalue weighted by molar-refractivity contribution is 5.23. The highest BCUT2D eigenvalue weighted by atomic mass is 16.1. The zero-order valence-electron chi connectivity index (χ0n) is 12.2. The van der Waals surface area contributed by atoms with Crippen LogP contribution in [0.5, 0.6) is 0 Å². The van der Waals surface area contributed by atoms with Crippen LogP contribution < -0.4 is 11.3 Å². The maximum Gasteiger partial charge on any atom is 0.255 e. The summed E-state index contributed by atoms with van der Waals surface area (Å²) in [6, 6.07) is 0. The quantitative estimate of drug-likeness (QED) is 0.859. The first-order valence-corrected chi connectivity index (χ1v) is 7.60. The summed E-state index contributed by atoms with van der Waals surface area (Å²) in [6.07, 6.45) is 6.57. The maximum atomic E-state index is 12.3. The molecule has 2 aromatic heterocycles. The first-order chi connectivity index (χ1) is 10.7. The summed E-state index contributed by atoms with van der Waals surface area (Å²) in [5.41, 5.74) is 8.28. The van der Waals surface area contributed by atoms with Gasteiger partial charge in [0.2, 0.25) is 5.95 Å². The third-order valence-corrected chi connectivity index (χ3v) is 4.26. The molecule has 0 aromatic carbocycles. The van der Waals surface area contributed by atoms with Gasteiger partial charge in [0.1, 0.15) is 5.82 Å². The number of aromatic amines is 1. The molecule has 7 heteroatoms. The molecule has 0 radical (unpaired) electrons. The van der Waals surface area contributed by atoms with Gasteiger partial charge in [-0.1, -0.05) is 0 Å². The van der Waals surface area contributed by atoms with Crippen molar-refractivity contribution in [2.75, 3.05) is 12.3 Å². The number of fused-ring (bicyclic) bond motifs is 1. The van der Waals surface area contributed by atoms with Gasteiger partial charge in [0.25, 0.3) is 5.56 Å². The molecule has 2 aliphatic rings. The minimum atomic E-state index is 0.0187. The Hall–Kier alpha value is -2.28. The average molecular weight is 298 g/mol. The number of nitrogens with zero attached hydrogens (tertiary/aromatic N) is 4. The first kappa shape index (κ1) is 13.4. The molecule has 1 fully saturated rings. The number of hydrogen-bond acceptors (Lipinski definition) is 6. The highest BCUT2D eigenvalue weighted by Crippen LogP contribution is 2.37. The van der Waals surface area contributed by atoms with E-state index in [2.05, 4.69) is 24.8 Å². The van der Waals surface area contributed by atoms with Crippen LogP contribution in [0.2, 0.25) is 0 Å². The van der Waals surface area contributed by atoms with Crippen molar-refractivity contribution in [2.24, 2.45) is 0 Å². The Morgan fingerprint density at radius 2 is 2.09 bits per heavy atom. The van der Waals surface area contributed by atoms with E-state index in [9.17, 15) is 4.79 Å². The van der Waals surface area contributed by atoms with Crippen LogP contribution in [0.3, 0.4) is 0 Å². The molecule has 3 heterocycles. The van der Waals surface area contributed by atoms with E-state index >= 15 is 0 Å². The number of aromatic nitrogens is 4. The Bertz CT molecular complexity index is 750. The molecule has 0 bridgehead atoms. The number of nitrogens with one attached hydrogen (secondary N) is 1. The smallest absolute Gasteiger partial charge is 0.255 e. The van der Waals surface area contributed by atoms with Gasteiger partial charge in [-0.15, -0.1) is 0 Å². The van der Waals surface area contributed by atoms with Crippen LogP contribution in [0.4, 0.5) is 5.95 Å². The van der Waals surface area contributed by atoms with Crippen LogP contribution in [0.25, 0.3) is 0 Å². The van der Waals surface area contributed by atoms with Gasteiger partial charge in [-0.3, -0.25) is 9.69 Å². The van der Waals surface area contributed by atoms with Gasteiger partial charge in [-0.25, -0.2) is 15.0 Å². The normalized spacial score (nSPS) is 18.2. The molecule has 4 rings (SSSR count). The number of hydrogen-bond donors (Lipinski definition) is 2. The molecule has 0 amide bonds. The van der Waals surface area contributed by atoms with Crippen molar-refractivity contribution in [3.8, 4) is 0 Å². The van der Waals surface area contributed by atoms with Gasteiger partial charge in [0, 0.05) is 49.9 Å². The van der Waals surface area contributed by atoms with Gasteiger partial charge in [-0.2, -0.15) is 0 Å². The van der Waals surface area contributed by atoms with E-state index in [0.717, 1.165) is 48.5 Å². The first-order valence-electron chi connectivity index (χ1n) is 7.60. The summed E-state index contributed by atoms with van der Waals surface area (Å²) in [4.78, 5) is 30.1. The van der Waals surface area contributed by atoms with Crippen molar-refractivity contribution in [3.05, 3.63) is 45.4 Å². The van der Waals surface area contributed by atoms with Gasteiger partial charge in [-0.05, 0) is 12.8 Å². The van der Waals surface area contributed by atoms with Crippen LogP contribution in [0.1, 0.15) is 41.4 Å². The molecule has 3 N–H and O–H groups in total. The summed E-state index contributed by atoms with van der Waals surface area (Å²) >= 11 is 0. The van der Waals surface area contributed by atoms with E-state index in [4.69, 9.17) is 5.73 Å². The number of rotatable bonds is 3. The van der Waals surface area contributed by atoms with Crippen LogP contribution in [0, 0.1) is 0 Å². The minimum Gasteiger partial charge on any atom is -0.368 e. The fourth-order valence-electron chi connectivity index (χ4n) is 2.89. The predicted octanol–water partition coefficient (Wildman–Crippen LogP) is 0.578. The van der Waals surface area contributed by atoms with Gasteiger partial charge < -0.3 is 10.7 Å². The molecule has 0 saturated heterocycles. The van der Waals surface area contributed by atoms with Crippen molar-refractivity contribution in [1.29, 1.82) is 0 Å². The summed E-state index contributed by atoms with van der Waals surface area (Å²) in [5.74, 6) is 1.63. The molecule has 1 aliphatic heterocycles. The minimum absolute atomic E-state index is 0.0187. The number of H-pyrrole nitrogens is 1. The molecule has 1 saturated carbocycles. The molecular weight excluding hydrogens is 280 g/mol. The zero-order valence-corrected chi connectivity index (χ0v) is 12.2. The lowest BCUT2D eigenvalue weighted by Gasteiger charge is -2.27. The molecule has 114 valence electrons. The Morgan fingerprint density at radius 3 is 2.82 bits per heavy atom. The summed E-state index contributed by atoms with van der Waals surface area (Å²) in [7, 11) is 0. The Labute approximate surface area is 127 Å². The second kappa shape index (κ2) is 5.17. The third-order valence-electron chi connectivity index (χ3n) is 4.26. The molecule has 2 aromatic rings. The Kier molecular flexibility index (Phi) is 3.15. The van der Waals surface area contributed by atoms with Gasteiger partial charge in [0.05, 0.1) is 11.3 Å². The molecular formula is C15H18N6O. The number of anilines is 1. The molecule has 0 unspecified atom stereocenters. The number of nitrogens with two attached hydrogens (primary N) is 1. The lowest BCUT2D eigenvalue weighted by Crippen LogP contribution is -2.35. The molecule has 1 aliphatic carbocycles. The fraction of sp³-hybridized carbons (Fsp3) is 0.467. The van der Waals surface area contributed by atoms with Crippen LogP contribution >= 0.6 is 0 Å². The predicted molar refractivity (Wildman–Crippen MR) is 81.1 cm³/mol. The van der Waals surface area contributed by atoms with Gasteiger partial charge >= 0.3 is 0 Å². The monoisotopic (exact) mass is 298 g/mol. The Balaban J connectivity index is 1.53. The number of nitrogen functional groups attached to an aromatic ring is 1. The summed E-state index contributed by atoms with van der Waals surface area (Å²) in [6.45, 7) is 2.22. The van der Waals surface area contributed by atoms with E-state index in [1.807, 2.05) is 0 Å². The SMILES string of the molecule is Nc1ncc(CN2CCc3nc(C4CC4)[nH]c(=O)c3C2)cn1. The molecule has 0 atom stereocenters. The molecule has 22 heavy (non-hydrogen) atoms. The largest absolute Gasteiger partial charge is 0.368 e. The van der Waals surface area contributed by atoms with Crippen molar-refractivity contribution in [2.45, 2.75) is 38.3 Å². The molecule has 0 spiro atoms. The van der Waals surface area contributed by atoms with Gasteiger partial charge in [0.15, 0.2) is 0 Å². The third kappa shape index (κ3) is 2.59. The molecule has 7 nitrogen and oxygen atoms in total. The van der Waals surface area contributed by atoms with Crippen LogP contribution in [-0.2, 0) is 19.5 Å². The standard InChI is InChI=1S/C15H18N6O/c16-15-17-5-9(6-18-15)7-21-4-3-12-11(8-21)14(22)20-13(19-12)10-1-2-10/h5-6,10H,1-4,7-8H2,(H2,16,17,18)(H,19,20,22). The van der Waals surface area contributed by atoms with Crippen LogP contribution in [0.15, 0.2) is 17.2 Å².